The second-order valence-corrected chi connectivity index (χ2v) is 13.0. The van der Waals surface area contributed by atoms with Crippen molar-refractivity contribution in [2.24, 2.45) is 5.11 Å². The molecule has 0 heterocycles. The number of aliphatic hydroxyl groups is 1. The van der Waals surface area contributed by atoms with E-state index in [2.05, 4.69) is 51.6 Å². The van der Waals surface area contributed by atoms with Crippen LogP contribution in [0.25, 0.3) is 10.4 Å². The van der Waals surface area contributed by atoms with Crippen molar-refractivity contribution >= 4 is 8.32 Å². The van der Waals surface area contributed by atoms with Crippen molar-refractivity contribution in [3.63, 3.8) is 0 Å². The number of nitrogens with zero attached hydrogens (tertiary/aromatic N) is 3. The molecule has 0 spiro atoms. The first-order valence-corrected chi connectivity index (χ1v) is 10.6. The molecule has 130 valence electrons. The number of rotatable bonds is 10. The molecule has 0 aromatic carbocycles. The van der Waals surface area contributed by atoms with Crippen LogP contribution in [0.5, 0.6) is 0 Å². The van der Waals surface area contributed by atoms with Crippen LogP contribution >= 0.6 is 0 Å². The highest BCUT2D eigenvalue weighted by atomic mass is 28.4. The molecule has 0 aromatic heterocycles. The molecule has 1 N–H and O–H groups in total. The first-order valence-electron chi connectivity index (χ1n) is 8.44. The van der Waals surface area contributed by atoms with E-state index in [9.17, 15) is 5.11 Å². The third-order valence-corrected chi connectivity index (χ3v) is 11.0. The van der Waals surface area contributed by atoms with E-state index in [4.69, 9.17) is 9.96 Å². The lowest BCUT2D eigenvalue weighted by molar-refractivity contribution is 0.0341. The molecule has 0 amide bonds. The van der Waals surface area contributed by atoms with Gasteiger partial charge in [-0.2, -0.15) is 0 Å². The number of hydrogen-bond acceptors (Lipinski definition) is 3. The van der Waals surface area contributed by atoms with E-state index in [-0.39, 0.29) is 6.04 Å². The fourth-order valence-corrected chi connectivity index (χ4v) is 9.08. The van der Waals surface area contributed by atoms with Crippen molar-refractivity contribution in [1.29, 1.82) is 0 Å². The number of azide groups is 1. The van der Waals surface area contributed by atoms with Gasteiger partial charge >= 0.3 is 0 Å². The molecule has 0 aliphatic heterocycles. The minimum Gasteiger partial charge on any atom is -0.416 e. The molecule has 0 aromatic rings. The maximum absolute atomic E-state index is 10.2. The molecular formula is C16H35N3O2Si. The molecule has 0 radical (unpaired) electrons. The van der Waals surface area contributed by atoms with Crippen molar-refractivity contribution < 1.29 is 9.53 Å². The molecule has 0 saturated heterocycles. The molecule has 0 aliphatic carbocycles. The Hall–Kier alpha value is -0.553. The van der Waals surface area contributed by atoms with Gasteiger partial charge in [0.1, 0.15) is 0 Å². The van der Waals surface area contributed by atoms with E-state index >= 15 is 0 Å². The summed E-state index contributed by atoms with van der Waals surface area (Å²) in [6.07, 6.45) is 1.07. The fourth-order valence-electron chi connectivity index (χ4n) is 3.60. The van der Waals surface area contributed by atoms with Crippen LogP contribution in [0.1, 0.15) is 68.2 Å². The van der Waals surface area contributed by atoms with Crippen LogP contribution in [0.2, 0.25) is 16.6 Å². The average Bonchev–Trinajstić information content (AvgIpc) is 2.37. The van der Waals surface area contributed by atoms with Gasteiger partial charge in [0.2, 0.25) is 0 Å². The Kier molecular flexibility index (Phi) is 8.69. The second kappa shape index (κ2) is 8.92. The SMILES string of the molecule is CCC(C)(O)CC(CO[Si](C(C)C)(C(C)C)C(C)C)N=[N+]=[N-]. The van der Waals surface area contributed by atoms with Gasteiger partial charge in [-0.1, -0.05) is 53.6 Å². The zero-order valence-electron chi connectivity index (χ0n) is 15.6. The van der Waals surface area contributed by atoms with E-state index < -0.39 is 13.9 Å². The Morgan fingerprint density at radius 3 is 1.91 bits per heavy atom. The van der Waals surface area contributed by atoms with E-state index in [1.165, 1.54) is 0 Å². The maximum Gasteiger partial charge on any atom is 0.200 e. The monoisotopic (exact) mass is 329 g/mol. The largest absolute Gasteiger partial charge is 0.416 e. The molecule has 0 aliphatic rings. The Labute approximate surface area is 137 Å². The van der Waals surface area contributed by atoms with E-state index in [1.54, 1.807) is 6.92 Å². The van der Waals surface area contributed by atoms with Gasteiger partial charge in [0.05, 0.1) is 11.6 Å². The Morgan fingerprint density at radius 1 is 1.14 bits per heavy atom. The van der Waals surface area contributed by atoms with Crippen molar-refractivity contribution in [1.82, 2.24) is 0 Å². The second-order valence-electron chi connectivity index (χ2n) is 7.54. The summed E-state index contributed by atoms with van der Waals surface area (Å²) >= 11 is 0. The summed E-state index contributed by atoms with van der Waals surface area (Å²) in [5, 5.41) is 14.1. The van der Waals surface area contributed by atoms with Crippen LogP contribution in [0.4, 0.5) is 0 Å². The van der Waals surface area contributed by atoms with Crippen LogP contribution < -0.4 is 0 Å². The smallest absolute Gasteiger partial charge is 0.200 e. The van der Waals surface area contributed by atoms with E-state index in [0.717, 1.165) is 0 Å². The molecule has 5 nitrogen and oxygen atoms in total. The van der Waals surface area contributed by atoms with Crippen LogP contribution in [0, 0.1) is 0 Å². The Bertz CT molecular complexity index is 356. The lowest BCUT2D eigenvalue weighted by atomic mass is 9.95. The molecular weight excluding hydrogens is 294 g/mol. The van der Waals surface area contributed by atoms with Crippen LogP contribution in [-0.4, -0.2) is 31.7 Å². The Balaban J connectivity index is 5.18. The van der Waals surface area contributed by atoms with Gasteiger partial charge in [-0.25, -0.2) is 0 Å². The third-order valence-electron chi connectivity index (χ3n) is 4.88. The summed E-state index contributed by atoms with van der Waals surface area (Å²) in [5.74, 6) is 0. The van der Waals surface area contributed by atoms with Crippen LogP contribution in [0.3, 0.4) is 0 Å². The summed E-state index contributed by atoms with van der Waals surface area (Å²) < 4.78 is 6.48. The zero-order valence-corrected chi connectivity index (χ0v) is 16.6. The molecule has 0 saturated carbocycles. The van der Waals surface area contributed by atoms with Gasteiger partial charge in [0.15, 0.2) is 8.32 Å². The topological polar surface area (TPSA) is 78.2 Å². The number of hydrogen-bond donors (Lipinski definition) is 1. The first kappa shape index (κ1) is 21.4. The van der Waals surface area contributed by atoms with E-state index in [1.807, 2.05) is 6.92 Å². The van der Waals surface area contributed by atoms with Crippen LogP contribution in [-0.2, 0) is 4.43 Å². The third kappa shape index (κ3) is 5.58. The summed E-state index contributed by atoms with van der Waals surface area (Å²) in [4.78, 5) is 2.94. The quantitative estimate of drug-likeness (QED) is 0.252. The Morgan fingerprint density at radius 2 is 1.59 bits per heavy atom. The predicted molar refractivity (Wildman–Crippen MR) is 95.5 cm³/mol. The van der Waals surface area contributed by atoms with Crippen molar-refractivity contribution in [3.8, 4) is 0 Å². The van der Waals surface area contributed by atoms with Gasteiger partial charge in [0, 0.05) is 11.5 Å². The van der Waals surface area contributed by atoms with Crippen molar-refractivity contribution in [2.75, 3.05) is 6.61 Å². The summed E-state index contributed by atoms with van der Waals surface area (Å²) in [6.45, 7) is 17.5. The van der Waals surface area contributed by atoms with Crippen LogP contribution in [0.15, 0.2) is 5.11 Å². The minimum atomic E-state index is -1.97. The first-order chi connectivity index (χ1) is 10.0. The molecule has 0 fully saturated rings. The van der Waals surface area contributed by atoms with Crippen molar-refractivity contribution in [3.05, 3.63) is 10.4 Å². The molecule has 0 bridgehead atoms. The predicted octanol–water partition coefficient (Wildman–Crippen LogP) is 5.41. The average molecular weight is 330 g/mol. The zero-order chi connectivity index (χ0) is 17.6. The summed E-state index contributed by atoms with van der Waals surface area (Å²) in [7, 11) is -1.97. The van der Waals surface area contributed by atoms with Gasteiger partial charge in [-0.15, -0.1) is 0 Å². The lowest BCUT2D eigenvalue weighted by Gasteiger charge is -2.43. The standard InChI is InChI=1S/C16H35N3O2Si/c1-9-16(8,20)10-15(18-19-17)11-21-22(12(2)3,13(4)5)14(6)7/h12-15,20H,9-11H2,1-8H3. The molecule has 6 heteroatoms. The summed E-state index contributed by atoms with van der Waals surface area (Å²) in [5.41, 5.74) is 9.45. The maximum atomic E-state index is 10.2. The highest BCUT2D eigenvalue weighted by Gasteiger charge is 2.45. The highest BCUT2D eigenvalue weighted by molar-refractivity contribution is 6.77. The van der Waals surface area contributed by atoms with Gasteiger partial charge < -0.3 is 9.53 Å². The fraction of sp³-hybridized carbons (Fsp3) is 1.00. The highest BCUT2D eigenvalue weighted by Crippen LogP contribution is 2.42. The molecule has 22 heavy (non-hydrogen) atoms. The van der Waals surface area contributed by atoms with Gasteiger partial charge in [-0.05, 0) is 41.9 Å². The lowest BCUT2D eigenvalue weighted by Crippen LogP contribution is -2.49. The van der Waals surface area contributed by atoms with Crippen molar-refractivity contribution in [2.45, 2.75) is 96.5 Å². The molecule has 2 unspecified atom stereocenters. The normalized spacial score (nSPS) is 16.7. The van der Waals surface area contributed by atoms with Gasteiger partial charge in [0.25, 0.3) is 0 Å². The molecule has 2 atom stereocenters. The molecule has 0 rings (SSSR count). The summed E-state index contributed by atoms with van der Waals surface area (Å²) in [6, 6.07) is -0.317. The minimum absolute atomic E-state index is 0.317. The van der Waals surface area contributed by atoms with Gasteiger partial charge in [-0.3, -0.25) is 0 Å². The van der Waals surface area contributed by atoms with E-state index in [0.29, 0.717) is 36.1 Å².